The van der Waals surface area contributed by atoms with Gasteiger partial charge < -0.3 is 10.5 Å². The van der Waals surface area contributed by atoms with Gasteiger partial charge in [-0.3, -0.25) is 0 Å². The van der Waals surface area contributed by atoms with E-state index < -0.39 is 0 Å². The number of benzene rings is 2. The Hall–Kier alpha value is -1.58. The standard InChI is InChI=1S/C16H17ClFNO/c1-10-7-16(13(11(2)19)8-15(10)18)20-9-12-5-3-4-6-14(12)17/h3-8,11H,9,19H2,1-2H3/t11-/m0/s1. The number of nitrogens with two attached hydrogens (primary N) is 1. The molecule has 0 aliphatic carbocycles. The van der Waals surface area contributed by atoms with Crippen molar-refractivity contribution >= 4 is 11.6 Å². The minimum Gasteiger partial charge on any atom is -0.488 e. The summed E-state index contributed by atoms with van der Waals surface area (Å²) in [6.07, 6.45) is 0. The van der Waals surface area contributed by atoms with Gasteiger partial charge in [-0.25, -0.2) is 4.39 Å². The second-order valence-corrected chi connectivity index (χ2v) is 5.22. The molecular formula is C16H17ClFNO. The molecule has 0 aliphatic heterocycles. The van der Waals surface area contributed by atoms with Gasteiger partial charge in [0.1, 0.15) is 18.2 Å². The first-order chi connectivity index (χ1) is 9.49. The highest BCUT2D eigenvalue weighted by atomic mass is 35.5. The Morgan fingerprint density at radius 1 is 1.30 bits per heavy atom. The van der Waals surface area contributed by atoms with E-state index in [1.165, 1.54) is 6.07 Å². The summed E-state index contributed by atoms with van der Waals surface area (Å²) in [5.74, 6) is 0.321. The zero-order valence-electron chi connectivity index (χ0n) is 11.5. The lowest BCUT2D eigenvalue weighted by Crippen LogP contribution is -2.09. The van der Waals surface area contributed by atoms with E-state index in [-0.39, 0.29) is 11.9 Å². The van der Waals surface area contributed by atoms with Crippen LogP contribution in [0.15, 0.2) is 36.4 Å². The van der Waals surface area contributed by atoms with Crippen molar-refractivity contribution in [3.63, 3.8) is 0 Å². The first kappa shape index (κ1) is 14.8. The molecule has 0 saturated carbocycles. The molecule has 106 valence electrons. The number of halogens is 2. The topological polar surface area (TPSA) is 35.2 Å². The smallest absolute Gasteiger partial charge is 0.126 e. The van der Waals surface area contributed by atoms with Gasteiger partial charge in [-0.05, 0) is 37.6 Å². The highest BCUT2D eigenvalue weighted by Crippen LogP contribution is 2.28. The molecule has 2 N–H and O–H groups in total. The van der Waals surface area contributed by atoms with Crippen molar-refractivity contribution in [3.05, 3.63) is 63.9 Å². The second kappa shape index (κ2) is 6.25. The second-order valence-electron chi connectivity index (χ2n) is 4.81. The third-order valence-corrected chi connectivity index (χ3v) is 3.49. The number of rotatable bonds is 4. The fourth-order valence-electron chi connectivity index (χ4n) is 1.92. The van der Waals surface area contributed by atoms with Crippen molar-refractivity contribution in [3.8, 4) is 5.75 Å². The monoisotopic (exact) mass is 293 g/mol. The van der Waals surface area contributed by atoms with E-state index in [2.05, 4.69) is 0 Å². The fraction of sp³-hybridized carbons (Fsp3) is 0.250. The Balaban J connectivity index is 2.25. The van der Waals surface area contributed by atoms with Crippen LogP contribution < -0.4 is 10.5 Å². The van der Waals surface area contributed by atoms with Crippen LogP contribution in [0.25, 0.3) is 0 Å². The molecule has 2 aromatic carbocycles. The number of aryl methyl sites for hydroxylation is 1. The number of ether oxygens (including phenoxy) is 1. The molecule has 1 atom stereocenters. The quantitative estimate of drug-likeness (QED) is 0.907. The van der Waals surface area contributed by atoms with E-state index in [0.717, 1.165) is 5.56 Å². The lowest BCUT2D eigenvalue weighted by molar-refractivity contribution is 0.300. The molecule has 2 nitrogen and oxygen atoms in total. The molecule has 0 spiro atoms. The van der Waals surface area contributed by atoms with Crippen molar-refractivity contribution in [1.29, 1.82) is 0 Å². The summed E-state index contributed by atoms with van der Waals surface area (Å²) in [5.41, 5.74) is 7.92. The summed E-state index contributed by atoms with van der Waals surface area (Å²) in [6.45, 7) is 3.82. The molecule has 20 heavy (non-hydrogen) atoms. The average molecular weight is 294 g/mol. The van der Waals surface area contributed by atoms with Crippen molar-refractivity contribution < 1.29 is 9.13 Å². The van der Waals surface area contributed by atoms with Gasteiger partial charge in [0.05, 0.1) is 0 Å². The van der Waals surface area contributed by atoms with E-state index in [1.807, 2.05) is 24.3 Å². The molecule has 2 aromatic rings. The van der Waals surface area contributed by atoms with Crippen molar-refractivity contribution in [2.45, 2.75) is 26.5 Å². The normalized spacial score (nSPS) is 12.2. The fourth-order valence-corrected chi connectivity index (χ4v) is 2.11. The predicted molar refractivity (Wildman–Crippen MR) is 79.5 cm³/mol. The Morgan fingerprint density at radius 3 is 2.65 bits per heavy atom. The van der Waals surface area contributed by atoms with Gasteiger partial charge in [-0.1, -0.05) is 29.8 Å². The molecule has 0 aliphatic rings. The van der Waals surface area contributed by atoms with E-state index in [1.54, 1.807) is 19.9 Å². The van der Waals surface area contributed by atoms with E-state index in [0.29, 0.717) is 28.5 Å². The van der Waals surface area contributed by atoms with Crippen molar-refractivity contribution in [1.82, 2.24) is 0 Å². The summed E-state index contributed by atoms with van der Waals surface area (Å²) in [4.78, 5) is 0. The minimum absolute atomic E-state index is 0.276. The number of hydrogen-bond donors (Lipinski definition) is 1. The Morgan fingerprint density at radius 2 is 2.00 bits per heavy atom. The van der Waals surface area contributed by atoms with Crippen LogP contribution in [0.5, 0.6) is 5.75 Å². The maximum atomic E-state index is 13.6. The Kier molecular flexibility index (Phi) is 4.63. The summed E-state index contributed by atoms with van der Waals surface area (Å²) >= 11 is 6.08. The summed E-state index contributed by atoms with van der Waals surface area (Å²) in [7, 11) is 0. The van der Waals surface area contributed by atoms with Crippen LogP contribution in [0.1, 0.15) is 29.7 Å². The largest absolute Gasteiger partial charge is 0.488 e. The Labute approximate surface area is 123 Å². The molecule has 0 fully saturated rings. The molecule has 0 unspecified atom stereocenters. The van der Waals surface area contributed by atoms with Gasteiger partial charge in [0.25, 0.3) is 0 Å². The molecule has 0 radical (unpaired) electrons. The molecule has 0 bridgehead atoms. The van der Waals surface area contributed by atoms with Crippen LogP contribution >= 0.6 is 11.6 Å². The summed E-state index contributed by atoms with van der Waals surface area (Å²) < 4.78 is 19.4. The summed E-state index contributed by atoms with van der Waals surface area (Å²) in [5, 5.41) is 0.647. The van der Waals surface area contributed by atoms with Crippen LogP contribution in [-0.2, 0) is 6.61 Å². The van der Waals surface area contributed by atoms with Gasteiger partial charge in [0.2, 0.25) is 0 Å². The number of hydrogen-bond acceptors (Lipinski definition) is 2. The van der Waals surface area contributed by atoms with Crippen LogP contribution in [0.3, 0.4) is 0 Å². The first-order valence-corrected chi connectivity index (χ1v) is 6.78. The molecule has 4 heteroatoms. The molecule has 0 amide bonds. The van der Waals surface area contributed by atoms with Gasteiger partial charge in [-0.15, -0.1) is 0 Å². The van der Waals surface area contributed by atoms with Crippen molar-refractivity contribution in [2.24, 2.45) is 5.73 Å². The van der Waals surface area contributed by atoms with Gasteiger partial charge >= 0.3 is 0 Å². The lowest BCUT2D eigenvalue weighted by Gasteiger charge is -2.16. The third kappa shape index (κ3) is 3.30. The van der Waals surface area contributed by atoms with Crippen LogP contribution in [0, 0.1) is 12.7 Å². The van der Waals surface area contributed by atoms with E-state index in [4.69, 9.17) is 22.1 Å². The zero-order chi connectivity index (χ0) is 14.7. The van der Waals surface area contributed by atoms with Gasteiger partial charge in [0, 0.05) is 22.2 Å². The maximum absolute atomic E-state index is 13.6. The van der Waals surface area contributed by atoms with Crippen molar-refractivity contribution in [2.75, 3.05) is 0 Å². The van der Waals surface area contributed by atoms with E-state index in [9.17, 15) is 4.39 Å². The average Bonchev–Trinajstić information content (AvgIpc) is 2.41. The lowest BCUT2D eigenvalue weighted by atomic mass is 10.1. The predicted octanol–water partition coefficient (Wildman–Crippen LogP) is 4.39. The summed E-state index contributed by atoms with van der Waals surface area (Å²) in [6, 6.07) is 10.3. The molecule has 0 saturated heterocycles. The molecule has 0 heterocycles. The maximum Gasteiger partial charge on any atom is 0.126 e. The van der Waals surface area contributed by atoms with E-state index >= 15 is 0 Å². The third-order valence-electron chi connectivity index (χ3n) is 3.12. The van der Waals surface area contributed by atoms with Crippen LogP contribution in [0.4, 0.5) is 4.39 Å². The van der Waals surface area contributed by atoms with Gasteiger partial charge in [-0.2, -0.15) is 0 Å². The van der Waals surface area contributed by atoms with Gasteiger partial charge in [0.15, 0.2) is 0 Å². The molecular weight excluding hydrogens is 277 g/mol. The Bertz CT molecular complexity index is 613. The molecule has 2 rings (SSSR count). The highest BCUT2D eigenvalue weighted by molar-refractivity contribution is 6.31. The first-order valence-electron chi connectivity index (χ1n) is 6.41. The SMILES string of the molecule is Cc1cc(OCc2ccccc2Cl)c([C@H](C)N)cc1F. The van der Waals surface area contributed by atoms with Crippen LogP contribution in [-0.4, -0.2) is 0 Å². The van der Waals surface area contributed by atoms with Crippen LogP contribution in [0.2, 0.25) is 5.02 Å². The minimum atomic E-state index is -0.300. The zero-order valence-corrected chi connectivity index (χ0v) is 12.2. The highest BCUT2D eigenvalue weighted by Gasteiger charge is 2.12. The molecule has 0 aromatic heterocycles.